The Morgan fingerprint density at radius 2 is 1.77 bits per heavy atom. The molecule has 3 heterocycles. The van der Waals surface area contributed by atoms with Gasteiger partial charge in [-0.25, -0.2) is 4.98 Å². The fraction of sp³-hybridized carbons (Fsp3) is 0.240. The van der Waals surface area contributed by atoms with Gasteiger partial charge in [0.1, 0.15) is 5.82 Å². The summed E-state index contributed by atoms with van der Waals surface area (Å²) < 4.78 is 2.59. The van der Waals surface area contributed by atoms with Crippen LogP contribution in [0.15, 0.2) is 59.2 Å². The average Bonchev–Trinajstić information content (AvgIpc) is 3.23. The number of rotatable bonds is 5. The number of carbonyl (C=O) groups is 1. The number of benzene rings is 2. The lowest BCUT2D eigenvalue weighted by Crippen LogP contribution is -2.40. The van der Waals surface area contributed by atoms with Crippen LogP contribution in [0, 0.1) is 5.92 Å². The number of fused-ring (bicyclic) bond motifs is 1. The Labute approximate surface area is 226 Å². The molecule has 1 N–H and O–H groups in total. The van der Waals surface area contributed by atoms with E-state index in [1.54, 1.807) is 28.9 Å². The van der Waals surface area contributed by atoms with Crippen molar-refractivity contribution in [2.75, 3.05) is 25.0 Å². The van der Waals surface area contributed by atoms with Crippen molar-refractivity contribution in [2.24, 2.45) is 5.92 Å². The second kappa shape index (κ2) is 10.3. The summed E-state index contributed by atoms with van der Waals surface area (Å²) in [5, 5.41) is 9.58. The van der Waals surface area contributed by atoms with Gasteiger partial charge >= 0.3 is 0 Å². The molecule has 2 aromatic carbocycles. The van der Waals surface area contributed by atoms with Gasteiger partial charge in [0.05, 0.1) is 16.4 Å². The molecule has 6 nitrogen and oxygen atoms in total. The lowest BCUT2D eigenvalue weighted by atomic mass is 9.96. The van der Waals surface area contributed by atoms with E-state index in [0.717, 1.165) is 40.9 Å². The van der Waals surface area contributed by atoms with Crippen molar-refractivity contribution in [3.8, 4) is 11.3 Å². The monoisotopic (exact) mass is 591 g/mol. The van der Waals surface area contributed by atoms with Crippen LogP contribution in [0.25, 0.3) is 16.9 Å². The van der Waals surface area contributed by atoms with E-state index >= 15 is 0 Å². The maximum Gasteiger partial charge on any atom is 0.253 e. The molecule has 0 atom stereocenters. The number of nitrogens with zero attached hydrogens (tertiary/aromatic N) is 4. The van der Waals surface area contributed by atoms with Crippen LogP contribution < -0.4 is 5.32 Å². The highest BCUT2D eigenvalue weighted by molar-refractivity contribution is 9.10. The normalized spacial score (nSPS) is 14.5. The van der Waals surface area contributed by atoms with E-state index in [4.69, 9.17) is 39.8 Å². The molecule has 1 aliphatic rings. The molecule has 0 saturated carbocycles. The van der Waals surface area contributed by atoms with E-state index in [2.05, 4.69) is 26.3 Å². The summed E-state index contributed by atoms with van der Waals surface area (Å²) in [5.74, 6) is 1.21. The third kappa shape index (κ3) is 5.28. The van der Waals surface area contributed by atoms with Crippen molar-refractivity contribution in [2.45, 2.75) is 12.8 Å². The summed E-state index contributed by atoms with van der Waals surface area (Å²) in [4.78, 5) is 19.5. The number of likely N-dealkylation sites (tertiary alicyclic amines) is 1. The molecule has 1 amide bonds. The maximum atomic E-state index is 12.9. The molecule has 0 bridgehead atoms. The summed E-state index contributed by atoms with van der Waals surface area (Å²) >= 11 is 22.1. The molecule has 10 heteroatoms. The summed E-state index contributed by atoms with van der Waals surface area (Å²) in [6.07, 6.45) is 3.51. The number of aromatic nitrogens is 3. The minimum absolute atomic E-state index is 0.0394. The zero-order valence-corrected chi connectivity index (χ0v) is 22.4. The number of carbonyl (C=O) groups excluding carboxylic acids is 1. The van der Waals surface area contributed by atoms with Gasteiger partial charge in [0.2, 0.25) is 0 Å². The minimum atomic E-state index is -0.0394. The second-order valence-corrected chi connectivity index (χ2v) is 10.6. The van der Waals surface area contributed by atoms with Crippen LogP contribution in [-0.4, -0.2) is 45.0 Å². The Morgan fingerprint density at radius 3 is 2.49 bits per heavy atom. The summed E-state index contributed by atoms with van der Waals surface area (Å²) in [6.45, 7) is 2.11. The summed E-state index contributed by atoms with van der Waals surface area (Å²) in [6, 6.07) is 14.6. The lowest BCUT2D eigenvalue weighted by Gasteiger charge is -2.32. The smallest absolute Gasteiger partial charge is 0.253 e. The van der Waals surface area contributed by atoms with Crippen LogP contribution in [0.3, 0.4) is 0 Å². The summed E-state index contributed by atoms with van der Waals surface area (Å²) in [7, 11) is 0. The molecule has 5 rings (SSSR count). The van der Waals surface area contributed by atoms with Crippen LogP contribution in [0.4, 0.5) is 5.82 Å². The molecule has 0 aliphatic carbocycles. The molecule has 1 fully saturated rings. The molecule has 2 aromatic heterocycles. The van der Waals surface area contributed by atoms with Crippen molar-refractivity contribution < 1.29 is 4.79 Å². The third-order valence-electron chi connectivity index (χ3n) is 6.16. The van der Waals surface area contributed by atoms with Crippen LogP contribution in [0.1, 0.15) is 23.2 Å². The van der Waals surface area contributed by atoms with Crippen LogP contribution in [0.5, 0.6) is 0 Å². The predicted octanol–water partition coefficient (Wildman–Crippen LogP) is 7.08. The molecule has 1 saturated heterocycles. The standard InChI is InChI=1S/C25H21BrCl3N5O/c26-20-14-31-34-23(12-22(32-24(20)34)19-3-1-2-4-21(19)29)30-13-15-5-7-33(8-6-15)25(35)16-9-17(27)11-18(28)10-16/h1-4,9-12,14-15,30H,5-8,13H2. The van der Waals surface area contributed by atoms with Crippen molar-refractivity contribution in [3.63, 3.8) is 0 Å². The Hall–Kier alpha value is -2.32. The zero-order valence-electron chi connectivity index (χ0n) is 18.5. The van der Waals surface area contributed by atoms with E-state index in [1.807, 2.05) is 35.2 Å². The second-order valence-electron chi connectivity index (χ2n) is 8.51. The van der Waals surface area contributed by atoms with E-state index in [9.17, 15) is 4.79 Å². The molecule has 0 radical (unpaired) electrons. The highest BCUT2D eigenvalue weighted by Crippen LogP contribution is 2.31. The SMILES string of the molecule is O=C(c1cc(Cl)cc(Cl)c1)N1CCC(CNc2cc(-c3ccccc3Cl)nc3c(Br)cnn23)CC1. The van der Waals surface area contributed by atoms with E-state index in [-0.39, 0.29) is 5.91 Å². The highest BCUT2D eigenvalue weighted by atomic mass is 79.9. The topological polar surface area (TPSA) is 62.5 Å². The molecule has 0 spiro atoms. The Bertz CT molecular complexity index is 1380. The minimum Gasteiger partial charge on any atom is -0.370 e. The molecule has 180 valence electrons. The first-order valence-corrected chi connectivity index (χ1v) is 13.1. The van der Waals surface area contributed by atoms with Gasteiger partial charge in [-0.3, -0.25) is 4.79 Å². The zero-order chi connectivity index (χ0) is 24.5. The van der Waals surface area contributed by atoms with E-state index in [0.29, 0.717) is 45.3 Å². The first kappa shape index (κ1) is 24.4. The van der Waals surface area contributed by atoms with Crippen LogP contribution in [-0.2, 0) is 0 Å². The van der Waals surface area contributed by atoms with Gasteiger partial charge in [-0.15, -0.1) is 0 Å². The van der Waals surface area contributed by atoms with Crippen LogP contribution >= 0.6 is 50.7 Å². The van der Waals surface area contributed by atoms with Crippen molar-refractivity contribution in [1.29, 1.82) is 0 Å². The molecule has 0 unspecified atom stereocenters. The van der Waals surface area contributed by atoms with Gasteiger partial charge < -0.3 is 10.2 Å². The number of amides is 1. The van der Waals surface area contributed by atoms with E-state index < -0.39 is 0 Å². The average molecular weight is 594 g/mol. The van der Waals surface area contributed by atoms with Gasteiger partial charge in [0, 0.05) is 51.9 Å². The van der Waals surface area contributed by atoms with Crippen LogP contribution in [0.2, 0.25) is 15.1 Å². The fourth-order valence-corrected chi connectivity index (χ4v) is 5.42. The Kier molecular flexibility index (Phi) is 7.21. The van der Waals surface area contributed by atoms with Gasteiger partial charge in [0.15, 0.2) is 5.65 Å². The van der Waals surface area contributed by atoms with Gasteiger partial charge in [-0.2, -0.15) is 9.61 Å². The highest BCUT2D eigenvalue weighted by Gasteiger charge is 2.24. The van der Waals surface area contributed by atoms with Gasteiger partial charge in [0.25, 0.3) is 5.91 Å². The third-order valence-corrected chi connectivity index (χ3v) is 7.49. The molecule has 1 aliphatic heterocycles. The number of piperidine rings is 1. The van der Waals surface area contributed by atoms with Crippen molar-refractivity contribution in [3.05, 3.63) is 79.8 Å². The predicted molar refractivity (Wildman–Crippen MR) is 145 cm³/mol. The van der Waals surface area contributed by atoms with Crippen molar-refractivity contribution in [1.82, 2.24) is 19.5 Å². The maximum absolute atomic E-state index is 12.9. The van der Waals surface area contributed by atoms with Crippen molar-refractivity contribution >= 4 is 68.1 Å². The molecular formula is C25H21BrCl3N5O. The number of anilines is 1. The quantitative estimate of drug-likeness (QED) is 0.269. The van der Waals surface area contributed by atoms with Gasteiger partial charge in [-0.1, -0.05) is 53.0 Å². The fourth-order valence-electron chi connectivity index (χ4n) is 4.32. The largest absolute Gasteiger partial charge is 0.370 e. The number of halogens is 4. The molecular weight excluding hydrogens is 573 g/mol. The van der Waals surface area contributed by atoms with Gasteiger partial charge in [-0.05, 0) is 59.0 Å². The Morgan fingerprint density at radius 1 is 1.06 bits per heavy atom. The first-order valence-electron chi connectivity index (χ1n) is 11.2. The molecule has 4 aromatic rings. The number of hydrogen-bond donors (Lipinski definition) is 1. The number of nitrogens with one attached hydrogen (secondary N) is 1. The Balaban J connectivity index is 1.28. The molecule has 35 heavy (non-hydrogen) atoms. The number of hydrogen-bond acceptors (Lipinski definition) is 4. The van der Waals surface area contributed by atoms with E-state index in [1.165, 1.54) is 0 Å². The summed E-state index contributed by atoms with van der Waals surface area (Å²) in [5.41, 5.74) is 2.87. The first-order chi connectivity index (χ1) is 16.9. The lowest BCUT2D eigenvalue weighted by molar-refractivity contribution is 0.0695.